The minimum atomic E-state index is -0.899. The Morgan fingerprint density at radius 1 is 1.18 bits per heavy atom. The zero-order valence-electron chi connectivity index (χ0n) is 19.5. The summed E-state index contributed by atoms with van der Waals surface area (Å²) in [4.78, 5) is 41.3. The SMILES string of the molecule is CCN1c2cc(C)c(/C=C3\C(=O)NC(=O)N(c4cccc(F)c4)C3=O)cc2C(C)CC1(C)C. The summed E-state index contributed by atoms with van der Waals surface area (Å²) in [6.07, 6.45) is 2.50. The first-order chi connectivity index (χ1) is 15.5. The van der Waals surface area contributed by atoms with E-state index in [-0.39, 0.29) is 16.8 Å². The van der Waals surface area contributed by atoms with Crippen molar-refractivity contribution in [2.45, 2.75) is 52.5 Å². The Bertz CT molecular complexity index is 1200. The molecule has 2 heterocycles. The molecule has 0 aromatic heterocycles. The first kappa shape index (κ1) is 22.7. The molecular weight excluding hydrogens is 421 g/mol. The van der Waals surface area contributed by atoms with Crippen LogP contribution in [-0.4, -0.2) is 29.9 Å². The van der Waals surface area contributed by atoms with Gasteiger partial charge in [-0.1, -0.05) is 13.0 Å². The van der Waals surface area contributed by atoms with E-state index in [0.717, 1.165) is 46.3 Å². The number of benzene rings is 2. The maximum atomic E-state index is 13.7. The van der Waals surface area contributed by atoms with Gasteiger partial charge in [-0.3, -0.25) is 14.9 Å². The standard InChI is InChI=1S/C26H28FN3O3/c1-6-29-22-10-15(2)17(11-20(22)16(3)14-26(29,4)5)12-21-23(31)28-25(33)30(24(21)32)19-9-7-8-18(27)13-19/h7-13,16H,6,14H2,1-5H3,(H,28,31,33)/b21-12+. The van der Waals surface area contributed by atoms with E-state index in [1.54, 1.807) is 0 Å². The van der Waals surface area contributed by atoms with Crippen LogP contribution in [0.25, 0.3) is 6.08 Å². The van der Waals surface area contributed by atoms with Crippen LogP contribution in [0.4, 0.5) is 20.6 Å². The highest BCUT2D eigenvalue weighted by Crippen LogP contribution is 2.44. The number of hydrogen-bond donors (Lipinski definition) is 1. The van der Waals surface area contributed by atoms with E-state index < -0.39 is 23.7 Å². The van der Waals surface area contributed by atoms with Gasteiger partial charge in [0.25, 0.3) is 11.8 Å². The second-order valence-electron chi connectivity index (χ2n) is 9.37. The number of fused-ring (bicyclic) bond motifs is 1. The maximum absolute atomic E-state index is 13.7. The molecule has 1 unspecified atom stereocenters. The number of anilines is 2. The van der Waals surface area contributed by atoms with Crippen LogP contribution >= 0.6 is 0 Å². The number of aryl methyl sites for hydroxylation is 1. The summed E-state index contributed by atoms with van der Waals surface area (Å²) < 4.78 is 13.7. The summed E-state index contributed by atoms with van der Waals surface area (Å²) in [6, 6.07) is 8.38. The molecule has 0 saturated carbocycles. The van der Waals surface area contributed by atoms with Gasteiger partial charge < -0.3 is 4.90 Å². The number of amides is 4. The lowest BCUT2D eigenvalue weighted by molar-refractivity contribution is -0.122. The predicted molar refractivity (Wildman–Crippen MR) is 127 cm³/mol. The average Bonchev–Trinajstić information content (AvgIpc) is 2.71. The van der Waals surface area contributed by atoms with Gasteiger partial charge in [0.15, 0.2) is 0 Å². The molecule has 2 aliphatic heterocycles. The van der Waals surface area contributed by atoms with Crippen LogP contribution < -0.4 is 15.1 Å². The minimum absolute atomic E-state index is 0.0264. The van der Waals surface area contributed by atoms with Crippen molar-refractivity contribution >= 4 is 35.3 Å². The largest absolute Gasteiger partial charge is 0.366 e. The van der Waals surface area contributed by atoms with Gasteiger partial charge in [0.1, 0.15) is 11.4 Å². The molecule has 1 saturated heterocycles. The van der Waals surface area contributed by atoms with E-state index in [2.05, 4.69) is 44.0 Å². The number of hydrogen-bond acceptors (Lipinski definition) is 4. The van der Waals surface area contributed by atoms with Crippen molar-refractivity contribution in [2.75, 3.05) is 16.3 Å². The Labute approximate surface area is 193 Å². The van der Waals surface area contributed by atoms with Crippen LogP contribution in [0.5, 0.6) is 0 Å². The average molecular weight is 450 g/mol. The van der Waals surface area contributed by atoms with Crippen LogP contribution in [0.2, 0.25) is 0 Å². The first-order valence-corrected chi connectivity index (χ1v) is 11.1. The molecule has 6 nitrogen and oxygen atoms in total. The molecule has 2 aromatic carbocycles. The van der Waals surface area contributed by atoms with Crippen molar-refractivity contribution in [3.8, 4) is 0 Å². The molecule has 0 radical (unpaired) electrons. The topological polar surface area (TPSA) is 69.7 Å². The molecule has 2 aliphatic rings. The van der Waals surface area contributed by atoms with Gasteiger partial charge in [0.05, 0.1) is 5.69 Å². The molecule has 1 N–H and O–H groups in total. The molecule has 0 aliphatic carbocycles. The smallest absolute Gasteiger partial charge is 0.335 e. The van der Waals surface area contributed by atoms with Crippen molar-refractivity contribution < 1.29 is 18.8 Å². The Hall–Kier alpha value is -3.48. The van der Waals surface area contributed by atoms with Crippen molar-refractivity contribution in [1.82, 2.24) is 5.32 Å². The molecule has 7 heteroatoms. The maximum Gasteiger partial charge on any atom is 0.335 e. The number of nitrogens with zero attached hydrogens (tertiary/aromatic N) is 2. The Kier molecular flexibility index (Phi) is 5.60. The molecule has 0 spiro atoms. The summed E-state index contributed by atoms with van der Waals surface area (Å²) in [5.41, 5.74) is 3.90. The fraction of sp³-hybridized carbons (Fsp3) is 0.346. The number of imide groups is 2. The van der Waals surface area contributed by atoms with Gasteiger partial charge in [-0.2, -0.15) is 0 Å². The zero-order chi connectivity index (χ0) is 24.1. The predicted octanol–water partition coefficient (Wildman–Crippen LogP) is 4.91. The van der Waals surface area contributed by atoms with Gasteiger partial charge in [-0.05, 0) is 93.1 Å². The number of urea groups is 1. The summed E-state index contributed by atoms with van der Waals surface area (Å²) in [6.45, 7) is 11.6. The Morgan fingerprint density at radius 3 is 2.58 bits per heavy atom. The van der Waals surface area contributed by atoms with Gasteiger partial charge >= 0.3 is 6.03 Å². The fourth-order valence-electron chi connectivity index (χ4n) is 5.07. The number of carbonyl (C=O) groups excluding carboxylic acids is 3. The third kappa shape index (κ3) is 3.92. The molecule has 2 aromatic rings. The van der Waals surface area contributed by atoms with Crippen molar-refractivity contribution in [3.05, 3.63) is 64.5 Å². The van der Waals surface area contributed by atoms with E-state index in [1.165, 1.54) is 24.3 Å². The summed E-state index contributed by atoms with van der Waals surface area (Å²) in [5, 5.41) is 2.19. The van der Waals surface area contributed by atoms with Gasteiger partial charge in [0, 0.05) is 17.8 Å². The molecule has 172 valence electrons. The molecule has 0 bridgehead atoms. The lowest BCUT2D eigenvalue weighted by Gasteiger charge is -2.47. The van der Waals surface area contributed by atoms with Gasteiger partial charge in [0.2, 0.25) is 0 Å². The molecule has 4 rings (SSSR count). The van der Waals surface area contributed by atoms with E-state index in [1.807, 2.05) is 13.0 Å². The number of halogens is 1. The van der Waals surface area contributed by atoms with E-state index in [4.69, 9.17) is 0 Å². The van der Waals surface area contributed by atoms with Crippen LogP contribution in [0.1, 0.15) is 56.7 Å². The molecule has 1 fully saturated rings. The summed E-state index contributed by atoms with van der Waals surface area (Å²) in [7, 11) is 0. The fourth-order valence-corrected chi connectivity index (χ4v) is 5.07. The van der Waals surface area contributed by atoms with E-state index in [0.29, 0.717) is 5.92 Å². The lowest BCUT2D eigenvalue weighted by Crippen LogP contribution is -2.54. The Balaban J connectivity index is 1.78. The number of carbonyl (C=O) groups is 3. The van der Waals surface area contributed by atoms with Gasteiger partial charge in [-0.15, -0.1) is 0 Å². The molecule has 33 heavy (non-hydrogen) atoms. The van der Waals surface area contributed by atoms with Crippen LogP contribution in [0.15, 0.2) is 42.0 Å². The van der Waals surface area contributed by atoms with Crippen molar-refractivity contribution in [2.24, 2.45) is 0 Å². The van der Waals surface area contributed by atoms with Crippen molar-refractivity contribution in [3.63, 3.8) is 0 Å². The molecular formula is C26H28FN3O3. The molecule has 4 amide bonds. The van der Waals surface area contributed by atoms with Crippen LogP contribution in [0.3, 0.4) is 0 Å². The quantitative estimate of drug-likeness (QED) is 0.534. The zero-order valence-corrected chi connectivity index (χ0v) is 19.5. The number of barbiturate groups is 1. The third-order valence-corrected chi connectivity index (χ3v) is 6.56. The highest BCUT2D eigenvalue weighted by molar-refractivity contribution is 6.39. The Morgan fingerprint density at radius 2 is 1.91 bits per heavy atom. The second-order valence-corrected chi connectivity index (χ2v) is 9.37. The normalized spacial score (nSPS) is 21.3. The number of nitrogens with one attached hydrogen (secondary N) is 1. The monoisotopic (exact) mass is 449 g/mol. The van der Waals surface area contributed by atoms with Crippen molar-refractivity contribution in [1.29, 1.82) is 0 Å². The summed E-state index contributed by atoms with van der Waals surface area (Å²) in [5.74, 6) is -1.83. The van der Waals surface area contributed by atoms with Crippen LogP contribution in [0, 0.1) is 12.7 Å². The highest BCUT2D eigenvalue weighted by atomic mass is 19.1. The summed E-state index contributed by atoms with van der Waals surface area (Å²) >= 11 is 0. The third-order valence-electron chi connectivity index (χ3n) is 6.56. The lowest BCUT2D eigenvalue weighted by atomic mass is 9.79. The van der Waals surface area contributed by atoms with E-state index >= 15 is 0 Å². The van der Waals surface area contributed by atoms with Crippen LogP contribution in [-0.2, 0) is 9.59 Å². The van der Waals surface area contributed by atoms with E-state index in [9.17, 15) is 18.8 Å². The second kappa shape index (κ2) is 8.14. The highest BCUT2D eigenvalue weighted by Gasteiger charge is 2.38. The minimum Gasteiger partial charge on any atom is -0.366 e. The first-order valence-electron chi connectivity index (χ1n) is 11.1. The van der Waals surface area contributed by atoms with Gasteiger partial charge in [-0.25, -0.2) is 14.1 Å². The number of rotatable bonds is 3. The molecule has 1 atom stereocenters.